The standard InChI is InChI=1S/C3H5N3O2/c7-5-3-1-6(8)2-4-3/h1,4,8H,2H2. The molecule has 1 heterocycles. The Hall–Kier alpha value is -1.10. The van der Waals surface area contributed by atoms with Crippen molar-refractivity contribution in [3.63, 3.8) is 0 Å². The van der Waals surface area contributed by atoms with E-state index in [1.54, 1.807) is 0 Å². The average molecular weight is 115 g/mol. The molecule has 0 unspecified atom stereocenters. The quantitative estimate of drug-likeness (QED) is 0.464. The minimum atomic E-state index is 0.160. The Morgan fingerprint density at radius 1 is 2.00 bits per heavy atom. The highest BCUT2D eigenvalue weighted by Crippen LogP contribution is 1.99. The van der Waals surface area contributed by atoms with Crippen LogP contribution in [0.3, 0.4) is 0 Å². The van der Waals surface area contributed by atoms with Gasteiger partial charge in [-0.15, -0.1) is 4.91 Å². The molecule has 0 fully saturated rings. The molecule has 0 atom stereocenters. The van der Waals surface area contributed by atoms with Crippen molar-refractivity contribution in [1.82, 2.24) is 10.4 Å². The number of nitrogens with zero attached hydrogens (tertiary/aromatic N) is 2. The predicted octanol–water partition coefficient (Wildman–Crippen LogP) is -0.196. The van der Waals surface area contributed by atoms with E-state index in [4.69, 9.17) is 5.21 Å². The molecule has 0 spiro atoms. The van der Waals surface area contributed by atoms with Crippen LogP contribution in [0.15, 0.2) is 17.2 Å². The lowest BCUT2D eigenvalue weighted by molar-refractivity contribution is -0.0345. The van der Waals surface area contributed by atoms with Gasteiger partial charge in [-0.25, -0.2) is 5.06 Å². The normalized spacial score (nSPS) is 17.6. The van der Waals surface area contributed by atoms with Crippen LogP contribution in [0.5, 0.6) is 0 Å². The van der Waals surface area contributed by atoms with Gasteiger partial charge in [-0.3, -0.25) is 5.21 Å². The number of nitrogens with one attached hydrogen (secondary N) is 1. The summed E-state index contributed by atoms with van der Waals surface area (Å²) in [6, 6.07) is 0. The zero-order valence-corrected chi connectivity index (χ0v) is 4.03. The van der Waals surface area contributed by atoms with Gasteiger partial charge in [0.1, 0.15) is 6.67 Å². The fourth-order valence-corrected chi connectivity index (χ4v) is 0.450. The summed E-state index contributed by atoms with van der Waals surface area (Å²) in [4.78, 5) is 9.63. The van der Waals surface area contributed by atoms with Crippen molar-refractivity contribution in [3.05, 3.63) is 16.9 Å². The van der Waals surface area contributed by atoms with E-state index < -0.39 is 0 Å². The second-order valence-corrected chi connectivity index (χ2v) is 1.38. The molecule has 2 N–H and O–H groups in total. The molecule has 8 heavy (non-hydrogen) atoms. The average Bonchev–Trinajstić information content (AvgIpc) is 2.14. The molecule has 0 radical (unpaired) electrons. The van der Waals surface area contributed by atoms with E-state index in [-0.39, 0.29) is 12.5 Å². The molecule has 1 aliphatic heterocycles. The van der Waals surface area contributed by atoms with Crippen LogP contribution in [0.25, 0.3) is 0 Å². The number of hydroxylamine groups is 2. The van der Waals surface area contributed by atoms with Gasteiger partial charge >= 0.3 is 0 Å². The molecular weight excluding hydrogens is 110 g/mol. The first kappa shape index (κ1) is 5.04. The Kier molecular flexibility index (Phi) is 1.13. The van der Waals surface area contributed by atoms with E-state index in [2.05, 4.69) is 10.5 Å². The Balaban J connectivity index is 2.56. The van der Waals surface area contributed by atoms with E-state index in [9.17, 15) is 4.91 Å². The van der Waals surface area contributed by atoms with Crippen LogP contribution < -0.4 is 5.32 Å². The van der Waals surface area contributed by atoms with Crippen molar-refractivity contribution in [2.24, 2.45) is 5.18 Å². The number of nitroso groups, excluding NO2 is 1. The minimum absolute atomic E-state index is 0.160. The summed E-state index contributed by atoms with van der Waals surface area (Å²) in [6.45, 7) is 0.237. The first-order valence-electron chi connectivity index (χ1n) is 2.07. The summed E-state index contributed by atoms with van der Waals surface area (Å²) < 4.78 is 0. The van der Waals surface area contributed by atoms with Crippen LogP contribution in [0, 0.1) is 4.91 Å². The van der Waals surface area contributed by atoms with E-state index in [1.165, 1.54) is 6.20 Å². The Labute approximate surface area is 45.5 Å². The summed E-state index contributed by atoms with van der Waals surface area (Å²) in [5, 5.41) is 14.4. The third-order valence-corrected chi connectivity index (χ3v) is 0.792. The SMILES string of the molecule is O=NC1=CN(O)CN1. The van der Waals surface area contributed by atoms with Crippen molar-refractivity contribution in [1.29, 1.82) is 0 Å². The molecule has 1 aliphatic rings. The maximum atomic E-state index is 9.63. The molecule has 0 aliphatic carbocycles. The number of rotatable bonds is 1. The Bertz CT molecular complexity index is 132. The maximum Gasteiger partial charge on any atom is 0.190 e. The maximum absolute atomic E-state index is 9.63. The Morgan fingerprint density at radius 3 is 3.00 bits per heavy atom. The summed E-state index contributed by atoms with van der Waals surface area (Å²) in [5.41, 5.74) is 0. The Morgan fingerprint density at radius 2 is 2.75 bits per heavy atom. The number of hydrogen-bond acceptors (Lipinski definition) is 5. The predicted molar refractivity (Wildman–Crippen MR) is 25.5 cm³/mol. The fraction of sp³-hybridized carbons (Fsp3) is 0.333. The van der Waals surface area contributed by atoms with E-state index in [0.717, 1.165) is 5.06 Å². The molecule has 5 nitrogen and oxygen atoms in total. The minimum Gasteiger partial charge on any atom is -0.346 e. The van der Waals surface area contributed by atoms with Crippen LogP contribution in [0.1, 0.15) is 0 Å². The highest BCUT2D eigenvalue weighted by Gasteiger charge is 2.06. The van der Waals surface area contributed by atoms with Gasteiger partial charge in [-0.1, -0.05) is 0 Å². The van der Waals surface area contributed by atoms with Gasteiger partial charge in [-0.05, 0) is 5.18 Å². The summed E-state index contributed by atoms with van der Waals surface area (Å²) in [5.74, 6) is 0.160. The first-order chi connectivity index (χ1) is 3.83. The second kappa shape index (κ2) is 1.79. The second-order valence-electron chi connectivity index (χ2n) is 1.38. The zero-order valence-electron chi connectivity index (χ0n) is 4.03. The lowest BCUT2D eigenvalue weighted by atomic mass is 10.8. The van der Waals surface area contributed by atoms with Crippen LogP contribution in [-0.2, 0) is 0 Å². The van der Waals surface area contributed by atoms with E-state index >= 15 is 0 Å². The van der Waals surface area contributed by atoms with Crippen molar-refractivity contribution >= 4 is 0 Å². The van der Waals surface area contributed by atoms with Gasteiger partial charge in [-0.2, -0.15) is 0 Å². The van der Waals surface area contributed by atoms with Gasteiger partial charge in [0.25, 0.3) is 0 Å². The highest BCUT2D eigenvalue weighted by atomic mass is 16.5. The van der Waals surface area contributed by atoms with E-state index in [0.29, 0.717) is 0 Å². The molecule has 0 bridgehead atoms. The topological polar surface area (TPSA) is 64.9 Å². The van der Waals surface area contributed by atoms with Crippen molar-refractivity contribution < 1.29 is 5.21 Å². The van der Waals surface area contributed by atoms with Crippen molar-refractivity contribution in [2.75, 3.05) is 6.67 Å². The van der Waals surface area contributed by atoms with Crippen molar-refractivity contribution in [3.8, 4) is 0 Å². The van der Waals surface area contributed by atoms with Crippen LogP contribution in [-0.4, -0.2) is 16.9 Å². The van der Waals surface area contributed by atoms with Crippen LogP contribution >= 0.6 is 0 Å². The van der Waals surface area contributed by atoms with Gasteiger partial charge in [0.05, 0.1) is 6.20 Å². The molecule has 44 valence electrons. The third-order valence-electron chi connectivity index (χ3n) is 0.792. The molecule has 0 aromatic rings. The largest absolute Gasteiger partial charge is 0.346 e. The molecule has 0 saturated carbocycles. The first-order valence-corrected chi connectivity index (χ1v) is 2.07. The molecular formula is C3H5N3O2. The van der Waals surface area contributed by atoms with Gasteiger partial charge < -0.3 is 5.32 Å². The van der Waals surface area contributed by atoms with Gasteiger partial charge in [0.15, 0.2) is 5.82 Å². The summed E-state index contributed by atoms with van der Waals surface area (Å²) >= 11 is 0. The fourth-order valence-electron chi connectivity index (χ4n) is 0.450. The van der Waals surface area contributed by atoms with E-state index in [1.807, 2.05) is 0 Å². The van der Waals surface area contributed by atoms with Crippen molar-refractivity contribution in [2.45, 2.75) is 0 Å². The number of hydrogen-bond donors (Lipinski definition) is 2. The zero-order chi connectivity index (χ0) is 5.98. The lowest BCUT2D eigenvalue weighted by Gasteiger charge is -1.99. The monoisotopic (exact) mass is 115 g/mol. The van der Waals surface area contributed by atoms with Gasteiger partial charge in [0, 0.05) is 0 Å². The summed E-state index contributed by atoms with van der Waals surface area (Å²) in [6.07, 6.45) is 1.22. The molecule has 5 heteroatoms. The smallest absolute Gasteiger partial charge is 0.190 e. The third kappa shape index (κ3) is 0.760. The molecule has 0 aromatic carbocycles. The molecule has 0 amide bonds. The molecule has 0 aromatic heterocycles. The molecule has 1 rings (SSSR count). The lowest BCUT2D eigenvalue weighted by Crippen LogP contribution is -2.16. The van der Waals surface area contributed by atoms with Gasteiger partial charge in [0.2, 0.25) is 0 Å². The summed E-state index contributed by atoms with van der Waals surface area (Å²) in [7, 11) is 0. The molecule has 0 saturated heterocycles. The van der Waals surface area contributed by atoms with Crippen LogP contribution in [0.2, 0.25) is 0 Å². The van der Waals surface area contributed by atoms with Crippen LogP contribution in [0.4, 0.5) is 0 Å². The highest BCUT2D eigenvalue weighted by molar-refractivity contribution is 4.99.